The van der Waals surface area contributed by atoms with E-state index in [9.17, 15) is 0 Å². The number of aromatic nitrogens is 2. The summed E-state index contributed by atoms with van der Waals surface area (Å²) in [6, 6.07) is 0.676. The molecule has 1 aromatic rings. The monoisotopic (exact) mass is 252 g/mol. The van der Waals surface area contributed by atoms with E-state index in [2.05, 4.69) is 33.4 Å². The van der Waals surface area contributed by atoms with Gasteiger partial charge in [0, 0.05) is 36.6 Å². The smallest absolute Gasteiger partial charge is 0.205 e. The highest BCUT2D eigenvalue weighted by molar-refractivity contribution is 7.09. The summed E-state index contributed by atoms with van der Waals surface area (Å²) in [7, 11) is 0. The van der Waals surface area contributed by atoms with Crippen LogP contribution in [0.15, 0.2) is 0 Å². The van der Waals surface area contributed by atoms with Gasteiger partial charge >= 0.3 is 0 Å². The summed E-state index contributed by atoms with van der Waals surface area (Å²) >= 11 is 1.56. The van der Waals surface area contributed by atoms with Crippen LogP contribution in [0.4, 0.5) is 5.13 Å². The molecule has 0 aliphatic carbocycles. The lowest BCUT2D eigenvalue weighted by Gasteiger charge is -2.24. The minimum absolute atomic E-state index is 0.433. The Hall–Kier alpha value is -0.680. The Morgan fingerprint density at radius 2 is 2.29 bits per heavy atom. The summed E-state index contributed by atoms with van der Waals surface area (Å²) in [6.45, 7) is 7.75. The van der Waals surface area contributed by atoms with Gasteiger partial charge in [-0.3, -0.25) is 0 Å². The van der Waals surface area contributed by atoms with E-state index in [0.717, 1.165) is 30.0 Å². The lowest BCUT2D eigenvalue weighted by Crippen LogP contribution is -2.40. The van der Waals surface area contributed by atoms with Crippen LogP contribution in [0.1, 0.15) is 38.4 Å². The van der Waals surface area contributed by atoms with Crippen molar-refractivity contribution in [3.8, 4) is 0 Å². The fourth-order valence-corrected chi connectivity index (χ4v) is 3.62. The summed E-state index contributed by atoms with van der Waals surface area (Å²) in [5.41, 5.74) is 0. The van der Waals surface area contributed by atoms with Crippen molar-refractivity contribution in [2.75, 3.05) is 24.5 Å². The molecular weight excluding hydrogens is 232 g/mol. The normalized spacial score (nSPS) is 28.8. The summed E-state index contributed by atoms with van der Waals surface area (Å²) in [4.78, 5) is 7.07. The first-order chi connectivity index (χ1) is 8.24. The van der Waals surface area contributed by atoms with Crippen molar-refractivity contribution in [1.82, 2.24) is 14.7 Å². The minimum atomic E-state index is 0.433. The van der Waals surface area contributed by atoms with E-state index < -0.39 is 0 Å². The van der Waals surface area contributed by atoms with E-state index in [-0.39, 0.29) is 0 Å². The van der Waals surface area contributed by atoms with Crippen molar-refractivity contribution in [3.63, 3.8) is 0 Å². The van der Waals surface area contributed by atoms with Gasteiger partial charge in [-0.15, -0.1) is 0 Å². The molecule has 3 heterocycles. The first-order valence-electron chi connectivity index (χ1n) is 6.56. The number of nitrogens with one attached hydrogen (secondary N) is 1. The number of fused-ring (bicyclic) bond motifs is 1. The van der Waals surface area contributed by atoms with E-state index in [4.69, 9.17) is 0 Å². The van der Waals surface area contributed by atoms with Crippen molar-refractivity contribution in [2.24, 2.45) is 5.92 Å². The van der Waals surface area contributed by atoms with E-state index in [1.165, 1.54) is 19.4 Å². The number of piperidine rings is 1. The molecule has 2 fully saturated rings. The Kier molecular flexibility index (Phi) is 3.04. The highest BCUT2D eigenvalue weighted by Crippen LogP contribution is 2.30. The molecule has 2 aliphatic heterocycles. The zero-order chi connectivity index (χ0) is 11.8. The van der Waals surface area contributed by atoms with Crippen LogP contribution in [0.2, 0.25) is 0 Å². The molecule has 4 nitrogen and oxygen atoms in total. The number of nitrogens with zero attached hydrogens (tertiary/aromatic N) is 3. The van der Waals surface area contributed by atoms with Gasteiger partial charge in [0.1, 0.15) is 5.82 Å². The molecule has 0 aromatic carbocycles. The third kappa shape index (κ3) is 2.18. The molecule has 2 atom stereocenters. The van der Waals surface area contributed by atoms with Crippen LogP contribution >= 0.6 is 11.5 Å². The van der Waals surface area contributed by atoms with Gasteiger partial charge in [0.25, 0.3) is 0 Å². The van der Waals surface area contributed by atoms with Crippen molar-refractivity contribution >= 4 is 16.7 Å². The zero-order valence-corrected chi connectivity index (χ0v) is 11.3. The lowest BCUT2D eigenvalue weighted by molar-refractivity contribution is 0.340. The predicted molar refractivity (Wildman–Crippen MR) is 70.7 cm³/mol. The van der Waals surface area contributed by atoms with Gasteiger partial charge in [0.15, 0.2) is 0 Å². The third-order valence-electron chi connectivity index (χ3n) is 3.82. The van der Waals surface area contributed by atoms with Crippen LogP contribution in [-0.2, 0) is 0 Å². The first kappa shape index (κ1) is 11.4. The summed E-state index contributed by atoms with van der Waals surface area (Å²) < 4.78 is 4.45. The van der Waals surface area contributed by atoms with Crippen LogP contribution < -0.4 is 10.2 Å². The van der Waals surface area contributed by atoms with Crippen molar-refractivity contribution in [3.05, 3.63) is 5.82 Å². The molecule has 94 valence electrons. The minimum Gasteiger partial charge on any atom is -0.345 e. The molecular formula is C12H20N4S. The second-order valence-corrected chi connectivity index (χ2v) is 6.19. The van der Waals surface area contributed by atoms with E-state index in [1.54, 1.807) is 11.5 Å². The van der Waals surface area contributed by atoms with Crippen LogP contribution in [0.5, 0.6) is 0 Å². The maximum atomic E-state index is 4.66. The maximum absolute atomic E-state index is 4.66. The number of rotatable bonds is 2. The average molecular weight is 252 g/mol. The molecule has 0 unspecified atom stereocenters. The fourth-order valence-electron chi connectivity index (χ4n) is 2.79. The molecule has 0 saturated carbocycles. The molecule has 0 spiro atoms. The Morgan fingerprint density at radius 3 is 3.00 bits per heavy atom. The Balaban J connectivity index is 1.72. The highest BCUT2D eigenvalue weighted by Gasteiger charge is 2.35. The summed E-state index contributed by atoms with van der Waals surface area (Å²) in [6.07, 6.45) is 2.69. The Labute approximate surface area is 107 Å². The van der Waals surface area contributed by atoms with Gasteiger partial charge in [-0.05, 0) is 25.3 Å². The molecule has 2 saturated heterocycles. The Bertz CT molecular complexity index is 376. The summed E-state index contributed by atoms with van der Waals surface area (Å²) in [5, 5.41) is 4.74. The fraction of sp³-hybridized carbons (Fsp3) is 0.833. The molecule has 0 amide bonds. The van der Waals surface area contributed by atoms with Crippen LogP contribution in [0.25, 0.3) is 0 Å². The largest absolute Gasteiger partial charge is 0.345 e. The second kappa shape index (κ2) is 4.53. The first-order valence-corrected chi connectivity index (χ1v) is 7.33. The van der Waals surface area contributed by atoms with Gasteiger partial charge in [0.05, 0.1) is 0 Å². The molecule has 3 rings (SSSR count). The third-order valence-corrected chi connectivity index (χ3v) is 4.61. The predicted octanol–water partition coefficient (Wildman–Crippen LogP) is 1.85. The van der Waals surface area contributed by atoms with E-state index >= 15 is 0 Å². The van der Waals surface area contributed by atoms with Crippen LogP contribution in [0.3, 0.4) is 0 Å². The van der Waals surface area contributed by atoms with Crippen molar-refractivity contribution < 1.29 is 0 Å². The number of hydrogen-bond donors (Lipinski definition) is 1. The molecule has 5 heteroatoms. The van der Waals surface area contributed by atoms with Gasteiger partial charge in [-0.1, -0.05) is 13.8 Å². The SMILES string of the molecule is CC(C)c1nsc(N2C[C@@H]3CCCN[C@@H]3C2)n1. The molecule has 2 aliphatic rings. The number of anilines is 1. The maximum Gasteiger partial charge on any atom is 0.205 e. The zero-order valence-electron chi connectivity index (χ0n) is 10.5. The standard InChI is InChI=1S/C12H20N4S/c1-8(2)11-14-12(17-15-11)16-6-9-4-3-5-13-10(9)7-16/h8-10,13H,3-7H2,1-2H3/t9-,10+/m0/s1. The second-order valence-electron chi connectivity index (χ2n) is 5.46. The average Bonchev–Trinajstić information content (AvgIpc) is 2.95. The number of hydrogen-bond acceptors (Lipinski definition) is 5. The van der Waals surface area contributed by atoms with Gasteiger partial charge in [-0.2, -0.15) is 4.37 Å². The molecule has 0 bridgehead atoms. The summed E-state index contributed by atoms with van der Waals surface area (Å²) in [5.74, 6) is 2.24. The highest BCUT2D eigenvalue weighted by atomic mass is 32.1. The van der Waals surface area contributed by atoms with Crippen molar-refractivity contribution in [2.45, 2.75) is 38.6 Å². The molecule has 1 aromatic heterocycles. The lowest BCUT2D eigenvalue weighted by atomic mass is 9.94. The van der Waals surface area contributed by atoms with E-state index in [1.807, 2.05) is 0 Å². The Morgan fingerprint density at radius 1 is 1.41 bits per heavy atom. The van der Waals surface area contributed by atoms with Gasteiger partial charge in [-0.25, -0.2) is 4.98 Å². The van der Waals surface area contributed by atoms with Crippen LogP contribution in [0, 0.1) is 5.92 Å². The molecule has 17 heavy (non-hydrogen) atoms. The van der Waals surface area contributed by atoms with E-state index in [0.29, 0.717) is 12.0 Å². The molecule has 1 N–H and O–H groups in total. The topological polar surface area (TPSA) is 41.1 Å². The van der Waals surface area contributed by atoms with Gasteiger partial charge in [0.2, 0.25) is 5.13 Å². The quantitative estimate of drug-likeness (QED) is 0.872. The van der Waals surface area contributed by atoms with Crippen molar-refractivity contribution in [1.29, 1.82) is 0 Å². The van der Waals surface area contributed by atoms with Crippen LogP contribution in [-0.4, -0.2) is 35.0 Å². The van der Waals surface area contributed by atoms with Gasteiger partial charge < -0.3 is 10.2 Å². The molecule has 0 radical (unpaired) electrons.